The second-order valence-corrected chi connectivity index (χ2v) is 9.75. The van der Waals surface area contributed by atoms with E-state index in [1.165, 1.54) is 81.9 Å². The molecule has 2 heterocycles. The number of fused-ring (bicyclic) bond motifs is 1. The van der Waals surface area contributed by atoms with Crippen LogP contribution in [0.25, 0.3) is 0 Å². The third-order valence-corrected chi connectivity index (χ3v) is 6.93. The van der Waals surface area contributed by atoms with Gasteiger partial charge in [0.25, 0.3) is 11.8 Å². The number of unbranched alkanes of at least 4 members (excludes halogenated alkanes) is 13. The van der Waals surface area contributed by atoms with Crippen LogP contribution >= 0.6 is 11.3 Å². The number of hydrogen-bond donors (Lipinski definition) is 0. The van der Waals surface area contributed by atoms with Crippen molar-refractivity contribution in [2.75, 3.05) is 6.54 Å². The van der Waals surface area contributed by atoms with Gasteiger partial charge in [0.05, 0.1) is 11.1 Å². The fourth-order valence-corrected chi connectivity index (χ4v) is 5.27. The Kier molecular flexibility index (Phi) is 10.3. The molecule has 0 fully saturated rings. The molecule has 0 spiro atoms. The maximum Gasteiger partial charge on any atom is 0.262 e. The Morgan fingerprint density at radius 3 is 1.36 bits per heavy atom. The summed E-state index contributed by atoms with van der Waals surface area (Å²) in [4.78, 5) is 28.5. The minimum absolute atomic E-state index is 0.0726. The Morgan fingerprint density at radius 1 is 0.607 bits per heavy atom. The van der Waals surface area contributed by atoms with Crippen molar-refractivity contribution in [3.63, 3.8) is 0 Å². The van der Waals surface area contributed by atoms with Crippen molar-refractivity contribution in [2.45, 2.75) is 111 Å². The van der Waals surface area contributed by atoms with Crippen molar-refractivity contribution >= 4 is 23.2 Å². The first-order chi connectivity index (χ1) is 13.6. The minimum atomic E-state index is -0.0726. The smallest absolute Gasteiger partial charge is 0.262 e. The van der Waals surface area contributed by atoms with Gasteiger partial charge >= 0.3 is 0 Å². The zero-order valence-corrected chi connectivity index (χ0v) is 19.1. The Labute approximate surface area is 175 Å². The van der Waals surface area contributed by atoms with Gasteiger partial charge in [0, 0.05) is 16.3 Å². The number of amides is 2. The molecule has 0 atom stereocenters. The number of rotatable bonds is 15. The number of hydrogen-bond acceptors (Lipinski definition) is 3. The number of nitrogens with zero attached hydrogens (tertiary/aromatic N) is 1. The molecule has 0 unspecified atom stereocenters. The van der Waals surface area contributed by atoms with Gasteiger partial charge in [-0.1, -0.05) is 90.4 Å². The summed E-state index contributed by atoms with van der Waals surface area (Å²) in [5.74, 6) is -0.145. The highest BCUT2D eigenvalue weighted by molar-refractivity contribution is 7.12. The molecule has 158 valence electrons. The molecule has 1 aliphatic heterocycles. The van der Waals surface area contributed by atoms with Gasteiger partial charge in [-0.3, -0.25) is 14.5 Å². The predicted octanol–water partition coefficient (Wildman–Crippen LogP) is 7.44. The van der Waals surface area contributed by atoms with Gasteiger partial charge in [-0.15, -0.1) is 11.3 Å². The largest absolute Gasteiger partial charge is 0.274 e. The lowest BCUT2D eigenvalue weighted by atomic mass is 10.0. The molecule has 0 saturated heterocycles. The molecule has 1 aliphatic rings. The highest BCUT2D eigenvalue weighted by Crippen LogP contribution is 2.34. The molecule has 1 aromatic heterocycles. The molecule has 0 N–H and O–H groups in total. The third kappa shape index (κ3) is 6.43. The molecule has 1 aromatic rings. The monoisotopic (exact) mass is 405 g/mol. The van der Waals surface area contributed by atoms with Crippen molar-refractivity contribution < 1.29 is 9.59 Å². The Balaban J connectivity index is 1.47. The van der Waals surface area contributed by atoms with Gasteiger partial charge in [-0.25, -0.2) is 0 Å². The first-order valence-electron chi connectivity index (χ1n) is 11.5. The standard InChI is InChI=1S/C24H39NO2S/c1-4-5-6-7-8-9-10-11-12-13-14-15-16-17-18-25-23(26)21-19(2)28-20(3)22(21)24(25)27/h4-18H2,1-3H3. The Hall–Kier alpha value is -1.16. The summed E-state index contributed by atoms with van der Waals surface area (Å²) in [6, 6.07) is 0. The summed E-state index contributed by atoms with van der Waals surface area (Å²) in [5.41, 5.74) is 1.33. The molecule has 0 bridgehead atoms. The summed E-state index contributed by atoms with van der Waals surface area (Å²) in [5, 5.41) is 0. The van der Waals surface area contributed by atoms with Crippen molar-refractivity contribution in [1.29, 1.82) is 0 Å². The second kappa shape index (κ2) is 12.4. The van der Waals surface area contributed by atoms with Gasteiger partial charge in [-0.2, -0.15) is 0 Å². The van der Waals surface area contributed by atoms with Crippen LogP contribution in [-0.4, -0.2) is 23.3 Å². The average Bonchev–Trinajstić information content (AvgIpc) is 3.11. The van der Waals surface area contributed by atoms with Crippen LogP contribution in [-0.2, 0) is 0 Å². The van der Waals surface area contributed by atoms with E-state index in [4.69, 9.17) is 0 Å². The van der Waals surface area contributed by atoms with E-state index in [0.717, 1.165) is 22.6 Å². The first kappa shape index (κ1) is 23.1. The number of thiophene rings is 1. The molecule has 0 radical (unpaired) electrons. The molecule has 0 aromatic carbocycles. The Bertz CT molecular complexity index is 598. The van der Waals surface area contributed by atoms with Crippen LogP contribution in [0.5, 0.6) is 0 Å². The van der Waals surface area contributed by atoms with Crippen LogP contribution < -0.4 is 0 Å². The van der Waals surface area contributed by atoms with Gasteiger partial charge in [-0.05, 0) is 20.3 Å². The lowest BCUT2D eigenvalue weighted by Gasteiger charge is -2.14. The molecule has 4 heteroatoms. The van der Waals surface area contributed by atoms with Crippen LogP contribution in [0.15, 0.2) is 0 Å². The fraction of sp³-hybridized carbons (Fsp3) is 0.750. The number of carbonyl (C=O) groups is 2. The lowest BCUT2D eigenvalue weighted by Crippen LogP contribution is -2.31. The van der Waals surface area contributed by atoms with Crippen LogP contribution in [0.3, 0.4) is 0 Å². The summed E-state index contributed by atoms with van der Waals surface area (Å²) in [6.07, 6.45) is 18.4. The number of carbonyl (C=O) groups excluding carboxylic acids is 2. The van der Waals surface area contributed by atoms with E-state index in [1.54, 1.807) is 11.3 Å². The van der Waals surface area contributed by atoms with E-state index < -0.39 is 0 Å². The minimum Gasteiger partial charge on any atom is -0.274 e. The molecule has 2 rings (SSSR count). The highest BCUT2D eigenvalue weighted by atomic mass is 32.1. The number of aryl methyl sites for hydroxylation is 2. The van der Waals surface area contributed by atoms with E-state index in [2.05, 4.69) is 6.92 Å². The van der Waals surface area contributed by atoms with Crippen molar-refractivity contribution in [3.05, 3.63) is 20.9 Å². The SMILES string of the molecule is CCCCCCCCCCCCCCCCN1C(=O)c2c(C)sc(C)c2C1=O. The zero-order chi connectivity index (χ0) is 20.4. The fourth-order valence-electron chi connectivity index (χ4n) is 4.23. The van der Waals surface area contributed by atoms with E-state index >= 15 is 0 Å². The normalized spacial score (nSPS) is 13.6. The van der Waals surface area contributed by atoms with Gasteiger partial charge in [0.2, 0.25) is 0 Å². The van der Waals surface area contributed by atoms with Gasteiger partial charge < -0.3 is 0 Å². The zero-order valence-electron chi connectivity index (χ0n) is 18.3. The predicted molar refractivity (Wildman–Crippen MR) is 119 cm³/mol. The maximum absolute atomic E-state index is 12.5. The summed E-state index contributed by atoms with van der Waals surface area (Å²) in [6.45, 7) is 6.73. The summed E-state index contributed by atoms with van der Waals surface area (Å²) >= 11 is 1.56. The van der Waals surface area contributed by atoms with Crippen molar-refractivity contribution in [1.82, 2.24) is 4.90 Å². The van der Waals surface area contributed by atoms with Crippen LogP contribution in [0.4, 0.5) is 0 Å². The highest BCUT2D eigenvalue weighted by Gasteiger charge is 2.39. The van der Waals surface area contributed by atoms with Gasteiger partial charge in [0.15, 0.2) is 0 Å². The summed E-state index contributed by atoms with van der Waals surface area (Å²) < 4.78 is 0. The molecule has 0 aliphatic carbocycles. The van der Waals surface area contributed by atoms with Crippen LogP contribution in [0.2, 0.25) is 0 Å². The lowest BCUT2D eigenvalue weighted by molar-refractivity contribution is 0.0651. The molecule has 2 amide bonds. The Morgan fingerprint density at radius 2 is 0.964 bits per heavy atom. The molecule has 0 saturated carbocycles. The van der Waals surface area contributed by atoms with Crippen molar-refractivity contribution in [3.8, 4) is 0 Å². The molecular weight excluding hydrogens is 366 g/mol. The third-order valence-electron chi connectivity index (χ3n) is 5.91. The molecular formula is C24H39NO2S. The first-order valence-corrected chi connectivity index (χ1v) is 12.4. The van der Waals surface area contributed by atoms with Crippen LogP contribution in [0.1, 0.15) is 127 Å². The topological polar surface area (TPSA) is 37.4 Å². The van der Waals surface area contributed by atoms with E-state index in [9.17, 15) is 9.59 Å². The maximum atomic E-state index is 12.5. The second-order valence-electron chi connectivity index (χ2n) is 8.32. The summed E-state index contributed by atoms with van der Waals surface area (Å²) in [7, 11) is 0. The molecule has 28 heavy (non-hydrogen) atoms. The molecule has 3 nitrogen and oxygen atoms in total. The average molecular weight is 406 g/mol. The van der Waals surface area contributed by atoms with Gasteiger partial charge in [0.1, 0.15) is 0 Å². The van der Waals surface area contributed by atoms with Crippen LogP contribution in [0, 0.1) is 13.8 Å². The number of imide groups is 1. The van der Waals surface area contributed by atoms with E-state index in [-0.39, 0.29) is 11.8 Å². The van der Waals surface area contributed by atoms with E-state index in [1.807, 2.05) is 13.8 Å². The quantitative estimate of drug-likeness (QED) is 0.224. The van der Waals surface area contributed by atoms with E-state index in [0.29, 0.717) is 17.7 Å². The van der Waals surface area contributed by atoms with Crippen molar-refractivity contribution in [2.24, 2.45) is 0 Å².